The second-order valence-electron chi connectivity index (χ2n) is 12.4. The first-order valence-electron chi connectivity index (χ1n) is 15.9. The van der Waals surface area contributed by atoms with Gasteiger partial charge in [0.2, 0.25) is 11.6 Å². The van der Waals surface area contributed by atoms with Crippen LogP contribution in [0.15, 0.2) is 60.7 Å². The predicted molar refractivity (Wildman–Crippen MR) is 167 cm³/mol. The molecule has 1 fully saturated rings. The zero-order chi connectivity index (χ0) is 29.0. The predicted octanol–water partition coefficient (Wildman–Crippen LogP) is 9.60. The number of carbonyl (C=O) groups excluding carboxylic acids is 3. The molecule has 3 nitrogen and oxygen atoms in total. The molecular weight excluding hydrogens is 504 g/mol. The Hall–Kier alpha value is -3.33. The van der Waals surface area contributed by atoms with Gasteiger partial charge < -0.3 is 0 Å². The van der Waals surface area contributed by atoms with Crippen LogP contribution in [-0.4, -0.2) is 17.3 Å². The topological polar surface area (TPSA) is 51.2 Å². The van der Waals surface area contributed by atoms with Crippen LogP contribution in [0.1, 0.15) is 134 Å². The fraction of sp³-hybridized carbons (Fsp3) is 0.447. The molecule has 5 rings (SSSR count). The molecule has 0 aromatic heterocycles. The van der Waals surface area contributed by atoms with Crippen LogP contribution in [0.3, 0.4) is 0 Å². The molecule has 1 saturated carbocycles. The summed E-state index contributed by atoms with van der Waals surface area (Å²) < 4.78 is 0. The van der Waals surface area contributed by atoms with Gasteiger partial charge in [0.15, 0.2) is 5.78 Å². The van der Waals surface area contributed by atoms with Crippen LogP contribution in [0.5, 0.6) is 0 Å². The summed E-state index contributed by atoms with van der Waals surface area (Å²) in [6.07, 6.45) is 12.2. The minimum atomic E-state index is -0.343. The third-order valence-corrected chi connectivity index (χ3v) is 9.64. The van der Waals surface area contributed by atoms with Gasteiger partial charge in [-0.1, -0.05) is 120 Å². The minimum Gasteiger partial charge on any atom is -0.290 e. The van der Waals surface area contributed by atoms with Gasteiger partial charge in [-0.25, -0.2) is 0 Å². The van der Waals surface area contributed by atoms with Crippen molar-refractivity contribution in [2.24, 2.45) is 5.92 Å². The second kappa shape index (κ2) is 12.7. The summed E-state index contributed by atoms with van der Waals surface area (Å²) in [4.78, 5) is 40.3. The van der Waals surface area contributed by atoms with E-state index in [0.717, 1.165) is 92.0 Å². The Morgan fingerprint density at radius 3 is 1.95 bits per heavy atom. The first kappa shape index (κ1) is 29.2. The van der Waals surface area contributed by atoms with Crippen LogP contribution in [0.2, 0.25) is 0 Å². The number of hydrogen-bond donors (Lipinski definition) is 0. The molecule has 0 bridgehead atoms. The third-order valence-electron chi connectivity index (χ3n) is 9.64. The maximum atomic E-state index is 13.7. The Balaban J connectivity index is 1.56. The van der Waals surface area contributed by atoms with Crippen LogP contribution >= 0.6 is 0 Å². The van der Waals surface area contributed by atoms with E-state index in [0.29, 0.717) is 23.5 Å². The lowest BCUT2D eigenvalue weighted by Gasteiger charge is -2.33. The molecule has 2 aliphatic carbocycles. The number of Topliss-reactive ketones (excluding diaryl/α,β-unsaturated/α-hetero) is 2. The van der Waals surface area contributed by atoms with Crippen molar-refractivity contribution in [1.29, 1.82) is 0 Å². The fourth-order valence-electron chi connectivity index (χ4n) is 7.29. The molecule has 0 radical (unpaired) electrons. The van der Waals surface area contributed by atoms with Crippen LogP contribution < -0.4 is 0 Å². The van der Waals surface area contributed by atoms with Gasteiger partial charge in [0.25, 0.3) is 0 Å². The largest absolute Gasteiger partial charge is 0.290 e. The highest BCUT2D eigenvalue weighted by molar-refractivity contribution is 6.43. The second-order valence-corrected chi connectivity index (χ2v) is 12.4. The zero-order valence-corrected chi connectivity index (χ0v) is 25.1. The summed E-state index contributed by atoms with van der Waals surface area (Å²) in [6, 6.07) is 19.9. The highest BCUT2D eigenvalue weighted by Gasteiger charge is 2.43. The van der Waals surface area contributed by atoms with Gasteiger partial charge in [-0.05, 0) is 65.6 Å². The Morgan fingerprint density at radius 2 is 1.34 bits per heavy atom. The molecule has 0 unspecified atom stereocenters. The minimum absolute atomic E-state index is 0.0471. The number of ketones is 3. The molecule has 3 aromatic rings. The van der Waals surface area contributed by atoms with Gasteiger partial charge >= 0.3 is 0 Å². The summed E-state index contributed by atoms with van der Waals surface area (Å²) >= 11 is 0. The van der Waals surface area contributed by atoms with E-state index in [-0.39, 0.29) is 22.8 Å². The highest BCUT2D eigenvalue weighted by atomic mass is 16.2. The quantitative estimate of drug-likeness (QED) is 0.167. The Bertz CT molecular complexity index is 1430. The number of fused-ring (bicyclic) bond motifs is 3. The normalized spacial score (nSPS) is 15.8. The van der Waals surface area contributed by atoms with Crippen molar-refractivity contribution in [1.82, 2.24) is 0 Å². The van der Waals surface area contributed by atoms with Crippen molar-refractivity contribution in [3.8, 4) is 11.1 Å². The number of unbranched alkanes of at least 4 members (excludes halogenated alkanes) is 2. The number of carbonyl (C=O) groups is 3. The van der Waals surface area contributed by atoms with Crippen molar-refractivity contribution < 1.29 is 14.4 Å². The Labute approximate surface area is 245 Å². The molecule has 0 heterocycles. The van der Waals surface area contributed by atoms with E-state index in [1.54, 1.807) is 0 Å². The molecule has 0 saturated heterocycles. The first-order chi connectivity index (χ1) is 19.9. The van der Waals surface area contributed by atoms with Crippen molar-refractivity contribution >= 4 is 17.3 Å². The van der Waals surface area contributed by atoms with E-state index in [9.17, 15) is 14.4 Å². The molecule has 214 valence electrons. The van der Waals surface area contributed by atoms with Gasteiger partial charge in [0.05, 0.1) is 0 Å². The van der Waals surface area contributed by atoms with Crippen LogP contribution in [0.4, 0.5) is 0 Å². The van der Waals surface area contributed by atoms with Crippen LogP contribution in [-0.2, 0) is 10.2 Å². The average molecular weight is 549 g/mol. The van der Waals surface area contributed by atoms with Gasteiger partial charge in [-0.2, -0.15) is 0 Å². The van der Waals surface area contributed by atoms with Crippen LogP contribution in [0, 0.1) is 12.8 Å². The maximum absolute atomic E-state index is 13.7. The van der Waals surface area contributed by atoms with Gasteiger partial charge in [-0.3, -0.25) is 14.4 Å². The molecule has 2 aliphatic rings. The highest BCUT2D eigenvalue weighted by Crippen LogP contribution is 2.54. The van der Waals surface area contributed by atoms with Gasteiger partial charge in [0, 0.05) is 28.5 Å². The molecule has 3 heteroatoms. The number of aryl methyl sites for hydroxylation is 1. The Morgan fingerprint density at radius 1 is 0.756 bits per heavy atom. The van der Waals surface area contributed by atoms with E-state index >= 15 is 0 Å². The fourth-order valence-corrected chi connectivity index (χ4v) is 7.29. The molecule has 0 atom stereocenters. The Kier molecular flexibility index (Phi) is 9.02. The van der Waals surface area contributed by atoms with Crippen molar-refractivity contribution in [3.05, 3.63) is 94.0 Å². The van der Waals surface area contributed by atoms with Gasteiger partial charge in [-0.15, -0.1) is 0 Å². The van der Waals surface area contributed by atoms with Gasteiger partial charge in [0.1, 0.15) is 0 Å². The summed E-state index contributed by atoms with van der Waals surface area (Å²) in [6.45, 7) is 6.41. The third kappa shape index (κ3) is 5.73. The number of hydrogen-bond acceptors (Lipinski definition) is 3. The van der Waals surface area contributed by atoms with Crippen molar-refractivity contribution in [2.45, 2.75) is 103 Å². The molecule has 3 aromatic carbocycles. The first-order valence-corrected chi connectivity index (χ1v) is 15.9. The molecule has 0 amide bonds. The van der Waals surface area contributed by atoms with E-state index in [2.05, 4.69) is 32.0 Å². The zero-order valence-electron chi connectivity index (χ0n) is 25.1. The van der Waals surface area contributed by atoms with Crippen molar-refractivity contribution in [3.63, 3.8) is 0 Å². The summed E-state index contributed by atoms with van der Waals surface area (Å²) in [5, 5.41) is 0. The SMILES string of the molecule is CCCCC1(CCCC)c2cc(C(=O)C(=O)CC3CCCCC3)ccc2-c2ccc(C(=O)c3ccccc3C)cc21. The average Bonchev–Trinajstić information content (AvgIpc) is 3.27. The molecular formula is C38H44O3. The van der Waals surface area contributed by atoms with E-state index < -0.39 is 0 Å². The summed E-state index contributed by atoms with van der Waals surface area (Å²) in [5.74, 6) is -0.196. The van der Waals surface area contributed by atoms with E-state index in [1.165, 1.54) is 12.0 Å². The molecule has 0 aliphatic heterocycles. The molecule has 0 N–H and O–H groups in total. The van der Waals surface area contributed by atoms with E-state index in [1.807, 2.05) is 49.4 Å². The lowest BCUT2D eigenvalue weighted by molar-refractivity contribution is -0.116. The summed E-state index contributed by atoms with van der Waals surface area (Å²) in [7, 11) is 0. The molecule has 41 heavy (non-hydrogen) atoms. The standard InChI is InChI=1S/C38H44O3/c1-4-6-21-38(22-7-5-2)33-24-28(36(40)30-16-12-11-13-26(30)3)17-19-31(33)32-20-18-29(25-34(32)38)37(41)35(39)23-27-14-9-8-10-15-27/h11-13,16-20,24-25,27H,4-10,14-15,21-23H2,1-3H3. The van der Waals surface area contributed by atoms with E-state index in [4.69, 9.17) is 0 Å². The maximum Gasteiger partial charge on any atom is 0.228 e. The van der Waals surface area contributed by atoms with Crippen molar-refractivity contribution in [2.75, 3.05) is 0 Å². The number of benzene rings is 3. The number of rotatable bonds is 12. The lowest BCUT2D eigenvalue weighted by atomic mass is 9.70. The van der Waals surface area contributed by atoms with Crippen LogP contribution in [0.25, 0.3) is 11.1 Å². The molecule has 0 spiro atoms. The monoisotopic (exact) mass is 548 g/mol. The lowest BCUT2D eigenvalue weighted by Crippen LogP contribution is -2.26. The summed E-state index contributed by atoms with van der Waals surface area (Å²) in [5.41, 5.74) is 7.32. The smallest absolute Gasteiger partial charge is 0.228 e.